The van der Waals surface area contributed by atoms with Crippen molar-refractivity contribution < 1.29 is 33.3 Å². The highest BCUT2D eigenvalue weighted by atomic mass is 32.1. The van der Waals surface area contributed by atoms with Crippen LogP contribution in [0.2, 0.25) is 0 Å². The molecule has 0 saturated carbocycles. The molecule has 2 aromatic rings. The molecule has 1 aromatic heterocycles. The van der Waals surface area contributed by atoms with Gasteiger partial charge in [0, 0.05) is 11.6 Å². The van der Waals surface area contributed by atoms with Gasteiger partial charge in [-0.2, -0.15) is 0 Å². The summed E-state index contributed by atoms with van der Waals surface area (Å²) in [5, 5.41) is 2.84. The van der Waals surface area contributed by atoms with Crippen molar-refractivity contribution in [1.29, 1.82) is 0 Å². The van der Waals surface area contributed by atoms with E-state index in [1.54, 1.807) is 38.1 Å². The average molecular weight is 460 g/mol. The number of benzene rings is 1. The first-order chi connectivity index (χ1) is 15.4. The number of amides is 1. The van der Waals surface area contributed by atoms with Crippen molar-refractivity contribution in [2.24, 2.45) is 0 Å². The molecule has 0 aliphatic rings. The van der Waals surface area contributed by atoms with Gasteiger partial charge in [-0.25, -0.2) is 9.59 Å². The Morgan fingerprint density at radius 1 is 1.12 bits per heavy atom. The molecule has 0 aliphatic carbocycles. The normalized spacial score (nSPS) is 10.5. The van der Waals surface area contributed by atoms with Crippen LogP contribution in [0.15, 0.2) is 36.9 Å². The van der Waals surface area contributed by atoms with Crippen molar-refractivity contribution in [1.82, 2.24) is 0 Å². The number of hydrogen-bond acceptors (Lipinski definition) is 8. The summed E-state index contributed by atoms with van der Waals surface area (Å²) >= 11 is 0.942. The lowest BCUT2D eigenvalue weighted by atomic mass is 10.1. The molecular weight excluding hydrogens is 434 g/mol. The fourth-order valence-electron chi connectivity index (χ4n) is 2.73. The van der Waals surface area contributed by atoms with E-state index in [9.17, 15) is 14.4 Å². The molecule has 0 atom stereocenters. The Balaban J connectivity index is 2.33. The largest absolute Gasteiger partial charge is 0.497 e. The van der Waals surface area contributed by atoms with Gasteiger partial charge in [-0.3, -0.25) is 4.79 Å². The predicted octanol–water partition coefficient (Wildman–Crippen LogP) is 4.25. The van der Waals surface area contributed by atoms with Crippen LogP contribution in [0.5, 0.6) is 11.5 Å². The SMILES string of the molecule is C=CCOC(=O)c1sc(NC(=O)/C=C/c2cc(OC)ccc2OC)c(C(=O)OCC)c1C. The van der Waals surface area contributed by atoms with Crippen molar-refractivity contribution in [3.63, 3.8) is 0 Å². The molecule has 170 valence electrons. The Bertz CT molecular complexity index is 1040. The number of thiophene rings is 1. The highest BCUT2D eigenvalue weighted by molar-refractivity contribution is 7.18. The molecule has 0 unspecified atom stereocenters. The number of rotatable bonds is 10. The van der Waals surface area contributed by atoms with Gasteiger partial charge in [0.2, 0.25) is 5.91 Å². The van der Waals surface area contributed by atoms with Gasteiger partial charge in [0.15, 0.2) is 0 Å². The Labute approximate surface area is 190 Å². The molecule has 1 aromatic carbocycles. The van der Waals surface area contributed by atoms with Crippen LogP contribution >= 0.6 is 11.3 Å². The standard InChI is InChI=1S/C23H25NO7S/c1-6-12-31-23(27)20-14(3)19(22(26)30-7-2)21(32-20)24-18(25)11-8-15-13-16(28-4)9-10-17(15)29-5/h6,8-11,13H,1,7,12H2,2-5H3,(H,24,25)/b11-8+. The first-order valence-corrected chi connectivity index (χ1v) is 10.5. The molecule has 32 heavy (non-hydrogen) atoms. The number of hydrogen-bond donors (Lipinski definition) is 1. The third kappa shape index (κ3) is 5.98. The van der Waals surface area contributed by atoms with Crippen LogP contribution < -0.4 is 14.8 Å². The summed E-state index contributed by atoms with van der Waals surface area (Å²) in [6.07, 6.45) is 4.28. The molecule has 2 rings (SSSR count). The zero-order valence-electron chi connectivity index (χ0n) is 18.4. The number of anilines is 1. The van der Waals surface area contributed by atoms with Crippen LogP contribution in [-0.4, -0.2) is 45.3 Å². The fraction of sp³-hybridized carbons (Fsp3) is 0.261. The summed E-state index contributed by atoms with van der Waals surface area (Å²) in [5.41, 5.74) is 1.11. The maximum Gasteiger partial charge on any atom is 0.348 e. The van der Waals surface area contributed by atoms with Gasteiger partial charge in [-0.1, -0.05) is 12.7 Å². The van der Waals surface area contributed by atoms with E-state index < -0.39 is 17.8 Å². The van der Waals surface area contributed by atoms with E-state index in [1.165, 1.54) is 26.4 Å². The predicted molar refractivity (Wildman–Crippen MR) is 123 cm³/mol. The summed E-state index contributed by atoms with van der Waals surface area (Å²) in [4.78, 5) is 37.6. The molecule has 1 heterocycles. The highest BCUT2D eigenvalue weighted by Crippen LogP contribution is 2.34. The zero-order valence-corrected chi connectivity index (χ0v) is 19.2. The van der Waals surface area contributed by atoms with Crippen LogP contribution in [0.4, 0.5) is 5.00 Å². The summed E-state index contributed by atoms with van der Waals surface area (Å²) in [6, 6.07) is 5.18. The van der Waals surface area contributed by atoms with Crippen molar-refractivity contribution in [3.8, 4) is 11.5 Å². The van der Waals surface area contributed by atoms with Gasteiger partial charge in [0.1, 0.15) is 28.0 Å². The topological polar surface area (TPSA) is 100 Å². The van der Waals surface area contributed by atoms with Crippen LogP contribution in [0, 0.1) is 6.92 Å². The first-order valence-electron chi connectivity index (χ1n) is 9.65. The van der Waals surface area contributed by atoms with Gasteiger partial charge in [-0.05, 0) is 43.7 Å². The van der Waals surface area contributed by atoms with Crippen LogP contribution in [0.25, 0.3) is 6.08 Å². The summed E-state index contributed by atoms with van der Waals surface area (Å²) < 4.78 is 20.7. The summed E-state index contributed by atoms with van der Waals surface area (Å²) in [5.74, 6) is -0.603. The lowest BCUT2D eigenvalue weighted by molar-refractivity contribution is -0.111. The fourth-order valence-corrected chi connectivity index (χ4v) is 3.83. The van der Waals surface area contributed by atoms with Crippen molar-refractivity contribution >= 4 is 40.3 Å². The van der Waals surface area contributed by atoms with Gasteiger partial charge in [0.25, 0.3) is 0 Å². The second-order valence-corrected chi connectivity index (χ2v) is 7.32. The molecule has 0 aliphatic heterocycles. The summed E-state index contributed by atoms with van der Waals surface area (Å²) in [6.45, 7) is 6.94. The molecule has 1 N–H and O–H groups in total. The lowest BCUT2D eigenvalue weighted by Crippen LogP contribution is -2.13. The molecule has 0 bridgehead atoms. The van der Waals surface area contributed by atoms with E-state index in [2.05, 4.69) is 11.9 Å². The Morgan fingerprint density at radius 2 is 1.88 bits per heavy atom. The number of carbonyl (C=O) groups excluding carboxylic acids is 3. The van der Waals surface area contributed by atoms with Gasteiger partial charge < -0.3 is 24.3 Å². The second-order valence-electron chi connectivity index (χ2n) is 6.30. The molecule has 9 heteroatoms. The molecule has 0 radical (unpaired) electrons. The highest BCUT2D eigenvalue weighted by Gasteiger charge is 2.27. The molecule has 8 nitrogen and oxygen atoms in total. The Hall–Kier alpha value is -3.59. The minimum atomic E-state index is -0.641. The third-order valence-electron chi connectivity index (χ3n) is 4.23. The minimum Gasteiger partial charge on any atom is -0.497 e. The van der Waals surface area contributed by atoms with Crippen LogP contribution in [0.3, 0.4) is 0 Å². The number of carbonyl (C=O) groups is 3. The number of ether oxygens (including phenoxy) is 4. The van der Waals surface area contributed by atoms with Gasteiger partial charge in [-0.15, -0.1) is 11.3 Å². The smallest absolute Gasteiger partial charge is 0.348 e. The molecule has 0 saturated heterocycles. The first kappa shape index (κ1) is 24.7. The van der Waals surface area contributed by atoms with Crippen molar-refractivity contribution in [2.75, 3.05) is 32.8 Å². The molecule has 0 fully saturated rings. The van der Waals surface area contributed by atoms with E-state index in [4.69, 9.17) is 18.9 Å². The number of methoxy groups -OCH3 is 2. The van der Waals surface area contributed by atoms with E-state index >= 15 is 0 Å². The maximum atomic E-state index is 12.6. The average Bonchev–Trinajstić information content (AvgIpc) is 3.11. The van der Waals surface area contributed by atoms with Crippen molar-refractivity contribution in [2.45, 2.75) is 13.8 Å². The van der Waals surface area contributed by atoms with Gasteiger partial charge in [0.05, 0.1) is 26.4 Å². The van der Waals surface area contributed by atoms with E-state index in [0.717, 1.165) is 11.3 Å². The second kappa shape index (κ2) is 11.7. The van der Waals surface area contributed by atoms with Gasteiger partial charge >= 0.3 is 11.9 Å². The number of nitrogens with one attached hydrogen (secondary N) is 1. The molecule has 0 spiro atoms. The minimum absolute atomic E-state index is 0.0255. The monoisotopic (exact) mass is 459 g/mol. The third-order valence-corrected chi connectivity index (χ3v) is 5.42. The maximum absolute atomic E-state index is 12.6. The van der Waals surface area contributed by atoms with E-state index in [1.807, 2.05) is 0 Å². The summed E-state index contributed by atoms with van der Waals surface area (Å²) in [7, 11) is 3.06. The quantitative estimate of drug-likeness (QED) is 0.322. The van der Waals surface area contributed by atoms with E-state index in [0.29, 0.717) is 22.6 Å². The number of esters is 2. The molecular formula is C23H25NO7S. The van der Waals surface area contributed by atoms with Crippen LogP contribution in [0.1, 0.15) is 38.1 Å². The Kier molecular flexibility index (Phi) is 9.03. The molecule has 1 amide bonds. The Morgan fingerprint density at radius 3 is 2.50 bits per heavy atom. The van der Waals surface area contributed by atoms with Crippen molar-refractivity contribution in [3.05, 3.63) is 58.5 Å². The zero-order chi connectivity index (χ0) is 23.7. The van der Waals surface area contributed by atoms with Crippen LogP contribution in [-0.2, 0) is 14.3 Å². The van der Waals surface area contributed by atoms with E-state index in [-0.39, 0.29) is 28.7 Å². The lowest BCUT2D eigenvalue weighted by Gasteiger charge is -2.07.